The van der Waals surface area contributed by atoms with Crippen molar-refractivity contribution in [3.8, 4) is 11.5 Å². The Kier molecular flexibility index (Phi) is 6.12. The van der Waals surface area contributed by atoms with Crippen LogP contribution in [0.25, 0.3) is 0 Å². The van der Waals surface area contributed by atoms with Crippen molar-refractivity contribution in [2.75, 3.05) is 10.6 Å². The zero-order valence-electron chi connectivity index (χ0n) is 17.1. The Balaban J connectivity index is 1.63. The average Bonchev–Trinajstić information content (AvgIpc) is 3.33. The number of carbonyl (C=O) groups excluding carboxylic acids is 2. The molecule has 33 heavy (non-hydrogen) atoms. The first kappa shape index (κ1) is 21.3. The van der Waals surface area contributed by atoms with E-state index >= 15 is 0 Å². The van der Waals surface area contributed by atoms with Crippen LogP contribution in [0.5, 0.6) is 11.5 Å². The second kappa shape index (κ2) is 9.48. The van der Waals surface area contributed by atoms with Crippen LogP contribution in [0.3, 0.4) is 0 Å². The molecule has 9 heteroatoms. The Morgan fingerprint density at radius 3 is 2.27 bits per heavy atom. The third kappa shape index (κ3) is 5.23. The molecule has 0 atom stereocenters. The number of furan rings is 1. The summed E-state index contributed by atoms with van der Waals surface area (Å²) in [4.78, 5) is 36.0. The summed E-state index contributed by atoms with van der Waals surface area (Å²) in [5.41, 5.74) is 0.825. The number of benzene rings is 3. The van der Waals surface area contributed by atoms with Crippen molar-refractivity contribution < 1.29 is 23.7 Å². The van der Waals surface area contributed by atoms with Crippen molar-refractivity contribution in [2.24, 2.45) is 0 Å². The number of para-hydroxylation sites is 1. The van der Waals surface area contributed by atoms with Gasteiger partial charge in [-0.2, -0.15) is 0 Å². The van der Waals surface area contributed by atoms with E-state index in [0.29, 0.717) is 5.69 Å². The van der Waals surface area contributed by atoms with Crippen LogP contribution in [-0.4, -0.2) is 16.7 Å². The van der Waals surface area contributed by atoms with Gasteiger partial charge < -0.3 is 14.5 Å². The number of non-ortho nitro benzene ring substituents is 1. The van der Waals surface area contributed by atoms with Crippen LogP contribution in [-0.2, 0) is 0 Å². The molecule has 0 aliphatic heterocycles. The maximum Gasteiger partial charge on any atom is 0.269 e. The molecule has 0 aliphatic carbocycles. The molecule has 0 saturated heterocycles. The molecule has 0 saturated carbocycles. The largest absolute Gasteiger partial charge is 0.457 e. The number of carbonyl (C=O) groups is 2. The number of nitro groups is 1. The van der Waals surface area contributed by atoms with E-state index in [2.05, 4.69) is 10.6 Å². The van der Waals surface area contributed by atoms with Gasteiger partial charge in [-0.05, 0) is 48.5 Å². The van der Waals surface area contributed by atoms with E-state index in [1.165, 1.54) is 48.7 Å². The summed E-state index contributed by atoms with van der Waals surface area (Å²) in [5, 5.41) is 16.2. The van der Waals surface area contributed by atoms with Gasteiger partial charge in [0.1, 0.15) is 11.5 Å². The van der Waals surface area contributed by atoms with E-state index in [1.807, 2.05) is 6.07 Å². The number of nitro benzene ring substituents is 1. The molecule has 2 N–H and O–H groups in total. The fraction of sp³-hybridized carbons (Fsp3) is 0. The summed E-state index contributed by atoms with van der Waals surface area (Å²) in [6.07, 6.45) is 1.41. The molecule has 4 aromatic rings. The molecule has 1 aromatic heterocycles. The van der Waals surface area contributed by atoms with E-state index in [-0.39, 0.29) is 34.2 Å². The molecule has 164 valence electrons. The Labute approximate surface area is 187 Å². The van der Waals surface area contributed by atoms with Gasteiger partial charge in [0.15, 0.2) is 5.88 Å². The monoisotopic (exact) mass is 443 g/mol. The molecule has 0 bridgehead atoms. The van der Waals surface area contributed by atoms with Gasteiger partial charge in [0, 0.05) is 29.4 Å². The first-order valence-electron chi connectivity index (χ1n) is 9.77. The maximum absolute atomic E-state index is 12.9. The highest BCUT2D eigenvalue weighted by molar-refractivity contribution is 6.09. The highest BCUT2D eigenvalue weighted by Gasteiger charge is 2.19. The average molecular weight is 443 g/mol. The van der Waals surface area contributed by atoms with Crippen LogP contribution in [0.15, 0.2) is 95.6 Å². The van der Waals surface area contributed by atoms with Gasteiger partial charge in [-0.25, -0.2) is 0 Å². The highest BCUT2D eigenvalue weighted by atomic mass is 16.6. The topological polar surface area (TPSA) is 124 Å². The standard InChI is InChI=1S/C24H17N3O6/c28-23(25-17-5-2-1-3-6-17)16-8-13-21(33-19-11-9-18(10-12-19)27(30)31)20(15-16)24(29)26-22-7-4-14-32-22/h1-15H,(H,25,28)(H,26,29). The normalized spacial score (nSPS) is 10.3. The second-order valence-electron chi connectivity index (χ2n) is 6.82. The number of hydrogen-bond acceptors (Lipinski definition) is 6. The van der Waals surface area contributed by atoms with Crippen LogP contribution in [0, 0.1) is 10.1 Å². The van der Waals surface area contributed by atoms with Gasteiger partial charge in [-0.1, -0.05) is 18.2 Å². The van der Waals surface area contributed by atoms with Crippen molar-refractivity contribution in [3.63, 3.8) is 0 Å². The van der Waals surface area contributed by atoms with Gasteiger partial charge in [0.05, 0.1) is 16.7 Å². The van der Waals surface area contributed by atoms with Gasteiger partial charge in [0.25, 0.3) is 17.5 Å². The minimum absolute atomic E-state index is 0.0745. The third-order valence-corrected chi connectivity index (χ3v) is 4.55. The summed E-state index contributed by atoms with van der Waals surface area (Å²) in [5.74, 6) is -0.301. The van der Waals surface area contributed by atoms with Crippen LogP contribution in [0.1, 0.15) is 20.7 Å². The molecule has 0 unspecified atom stereocenters. The molecule has 0 fully saturated rings. The number of nitrogens with one attached hydrogen (secondary N) is 2. The third-order valence-electron chi connectivity index (χ3n) is 4.55. The van der Waals surface area contributed by atoms with Crippen LogP contribution >= 0.6 is 0 Å². The molecule has 2 amide bonds. The Morgan fingerprint density at radius 1 is 0.848 bits per heavy atom. The lowest BCUT2D eigenvalue weighted by molar-refractivity contribution is -0.384. The van der Waals surface area contributed by atoms with Crippen LogP contribution in [0.4, 0.5) is 17.3 Å². The van der Waals surface area contributed by atoms with Crippen LogP contribution < -0.4 is 15.4 Å². The van der Waals surface area contributed by atoms with Crippen molar-refractivity contribution in [1.82, 2.24) is 0 Å². The fourth-order valence-electron chi connectivity index (χ4n) is 2.95. The van der Waals surface area contributed by atoms with E-state index in [0.717, 1.165) is 0 Å². The zero-order valence-corrected chi connectivity index (χ0v) is 17.1. The van der Waals surface area contributed by atoms with Crippen molar-refractivity contribution >= 4 is 29.1 Å². The molecule has 1 heterocycles. The van der Waals surface area contributed by atoms with Gasteiger partial charge in [-0.15, -0.1) is 0 Å². The van der Waals surface area contributed by atoms with E-state index in [1.54, 1.807) is 36.4 Å². The number of nitrogens with zero attached hydrogens (tertiary/aromatic N) is 1. The maximum atomic E-state index is 12.9. The van der Waals surface area contributed by atoms with Gasteiger partial charge in [-0.3, -0.25) is 25.0 Å². The molecule has 0 spiro atoms. The molecule has 0 aliphatic rings. The number of hydrogen-bond donors (Lipinski definition) is 2. The second-order valence-corrected chi connectivity index (χ2v) is 6.82. The highest BCUT2D eigenvalue weighted by Crippen LogP contribution is 2.29. The minimum atomic E-state index is -0.559. The first-order chi connectivity index (χ1) is 16.0. The quantitative estimate of drug-likeness (QED) is 0.288. The Morgan fingerprint density at radius 2 is 1.61 bits per heavy atom. The lowest BCUT2D eigenvalue weighted by Gasteiger charge is -2.13. The van der Waals surface area contributed by atoms with Gasteiger partial charge in [0.2, 0.25) is 0 Å². The minimum Gasteiger partial charge on any atom is -0.457 e. The van der Waals surface area contributed by atoms with E-state index < -0.39 is 16.7 Å². The lowest BCUT2D eigenvalue weighted by Crippen LogP contribution is -2.16. The summed E-state index contributed by atoms with van der Waals surface area (Å²) in [6.45, 7) is 0. The molecule has 0 radical (unpaired) electrons. The van der Waals surface area contributed by atoms with Crippen molar-refractivity contribution in [2.45, 2.75) is 0 Å². The van der Waals surface area contributed by atoms with Crippen molar-refractivity contribution in [3.05, 3.63) is 112 Å². The molecular weight excluding hydrogens is 426 g/mol. The predicted octanol–water partition coefficient (Wildman–Crippen LogP) is 5.48. The summed E-state index contributed by atoms with van der Waals surface area (Å²) < 4.78 is 11.0. The van der Waals surface area contributed by atoms with Gasteiger partial charge >= 0.3 is 0 Å². The van der Waals surface area contributed by atoms with E-state index in [9.17, 15) is 19.7 Å². The van der Waals surface area contributed by atoms with E-state index in [4.69, 9.17) is 9.15 Å². The van der Waals surface area contributed by atoms with Crippen LogP contribution in [0.2, 0.25) is 0 Å². The van der Waals surface area contributed by atoms with Crippen molar-refractivity contribution in [1.29, 1.82) is 0 Å². The first-order valence-corrected chi connectivity index (χ1v) is 9.77. The molecule has 4 rings (SSSR count). The smallest absolute Gasteiger partial charge is 0.269 e. The number of anilines is 2. The lowest BCUT2D eigenvalue weighted by atomic mass is 10.1. The predicted molar refractivity (Wildman–Crippen MR) is 121 cm³/mol. The Hall–Kier alpha value is -4.92. The number of ether oxygens (including phenoxy) is 1. The fourth-order valence-corrected chi connectivity index (χ4v) is 2.95. The molecular formula is C24H17N3O6. The number of amides is 2. The zero-order chi connectivity index (χ0) is 23.2. The number of rotatable bonds is 7. The Bertz CT molecular complexity index is 1290. The SMILES string of the molecule is O=C(Nc1ccccc1)c1ccc(Oc2ccc([N+](=O)[O-])cc2)c(C(=O)Nc2ccco2)c1. The summed E-state index contributed by atoms with van der Waals surface area (Å²) in [7, 11) is 0. The molecule has 3 aromatic carbocycles. The summed E-state index contributed by atoms with van der Waals surface area (Å²) in [6, 6.07) is 21.9. The molecule has 9 nitrogen and oxygen atoms in total. The summed E-state index contributed by atoms with van der Waals surface area (Å²) >= 11 is 0.